The molecular formula is C8H14OS. The molecule has 0 spiro atoms. The summed E-state index contributed by atoms with van der Waals surface area (Å²) >= 11 is 2.12. The van der Waals surface area contributed by atoms with Gasteiger partial charge in [-0.3, -0.25) is 0 Å². The zero-order valence-electron chi connectivity index (χ0n) is 6.21. The molecule has 1 aliphatic carbocycles. The van der Waals surface area contributed by atoms with E-state index in [1.54, 1.807) is 0 Å². The molecule has 0 amide bonds. The number of rotatable bonds is 0. The van der Waals surface area contributed by atoms with Crippen molar-refractivity contribution in [2.75, 3.05) is 12.4 Å². The number of thioether (sulfide) groups is 1. The van der Waals surface area contributed by atoms with Crippen LogP contribution in [0.2, 0.25) is 0 Å². The summed E-state index contributed by atoms with van der Waals surface area (Å²) in [6, 6.07) is 0. The van der Waals surface area contributed by atoms with Gasteiger partial charge in [-0.25, -0.2) is 0 Å². The molecule has 2 aliphatic rings. The van der Waals surface area contributed by atoms with Crippen LogP contribution in [0.3, 0.4) is 0 Å². The van der Waals surface area contributed by atoms with Crippen LogP contribution >= 0.6 is 11.8 Å². The first-order chi connectivity index (χ1) is 4.97. The molecule has 0 radical (unpaired) electrons. The van der Waals surface area contributed by atoms with E-state index in [0.29, 0.717) is 6.10 Å². The molecule has 1 heterocycles. The van der Waals surface area contributed by atoms with E-state index in [1.807, 2.05) is 0 Å². The quantitative estimate of drug-likeness (QED) is 0.533. The molecule has 2 heteroatoms. The third-order valence-corrected chi connectivity index (χ3v) is 3.76. The van der Waals surface area contributed by atoms with E-state index in [4.69, 9.17) is 4.74 Å². The third kappa shape index (κ3) is 1.32. The van der Waals surface area contributed by atoms with E-state index in [2.05, 4.69) is 11.8 Å². The van der Waals surface area contributed by atoms with E-state index >= 15 is 0 Å². The lowest BCUT2D eigenvalue weighted by Gasteiger charge is -2.34. The zero-order chi connectivity index (χ0) is 6.81. The summed E-state index contributed by atoms with van der Waals surface area (Å²) in [5, 5.41) is 0.850. The average Bonchev–Trinajstić information content (AvgIpc) is 2.05. The molecule has 0 aromatic heterocycles. The Kier molecular flexibility index (Phi) is 2.19. The van der Waals surface area contributed by atoms with Crippen LogP contribution < -0.4 is 0 Å². The molecule has 2 fully saturated rings. The van der Waals surface area contributed by atoms with Gasteiger partial charge in [0.25, 0.3) is 0 Å². The molecule has 0 N–H and O–H groups in total. The largest absolute Gasteiger partial charge is 0.376 e. The molecule has 0 bridgehead atoms. The molecular weight excluding hydrogens is 144 g/mol. The van der Waals surface area contributed by atoms with Crippen molar-refractivity contribution in [3.05, 3.63) is 0 Å². The highest BCUT2D eigenvalue weighted by molar-refractivity contribution is 8.00. The monoisotopic (exact) mass is 158 g/mol. The van der Waals surface area contributed by atoms with Gasteiger partial charge in [-0.1, -0.05) is 12.8 Å². The molecule has 1 saturated heterocycles. The van der Waals surface area contributed by atoms with E-state index in [9.17, 15) is 0 Å². The molecule has 2 atom stereocenters. The van der Waals surface area contributed by atoms with Crippen LogP contribution in [0.4, 0.5) is 0 Å². The van der Waals surface area contributed by atoms with Crippen LogP contribution in [0.15, 0.2) is 0 Å². The number of hydrogen-bond acceptors (Lipinski definition) is 2. The van der Waals surface area contributed by atoms with Gasteiger partial charge in [-0.15, -0.1) is 0 Å². The predicted octanol–water partition coefficient (Wildman–Crippen LogP) is 2.06. The van der Waals surface area contributed by atoms with Crippen molar-refractivity contribution < 1.29 is 4.74 Å². The Balaban J connectivity index is 1.93. The van der Waals surface area contributed by atoms with Gasteiger partial charge in [0, 0.05) is 11.0 Å². The number of ether oxygens (including phenoxy) is 1. The van der Waals surface area contributed by atoms with Crippen LogP contribution in [0.5, 0.6) is 0 Å². The minimum atomic E-state index is 0.618. The highest BCUT2D eigenvalue weighted by atomic mass is 32.2. The van der Waals surface area contributed by atoms with Gasteiger partial charge in [0.05, 0.1) is 12.7 Å². The third-order valence-electron chi connectivity index (χ3n) is 2.39. The predicted molar refractivity (Wildman–Crippen MR) is 44.5 cm³/mol. The normalized spacial score (nSPS) is 40.8. The molecule has 2 rings (SSSR count). The van der Waals surface area contributed by atoms with Gasteiger partial charge < -0.3 is 4.74 Å². The zero-order valence-corrected chi connectivity index (χ0v) is 7.03. The van der Waals surface area contributed by atoms with Crippen molar-refractivity contribution in [1.29, 1.82) is 0 Å². The van der Waals surface area contributed by atoms with Crippen LogP contribution in [0.1, 0.15) is 25.7 Å². The van der Waals surface area contributed by atoms with E-state index in [-0.39, 0.29) is 0 Å². The summed E-state index contributed by atoms with van der Waals surface area (Å²) < 4.78 is 5.66. The SMILES string of the molecule is C1CCC2SCCOC2C1. The van der Waals surface area contributed by atoms with Crippen LogP contribution in [-0.4, -0.2) is 23.7 Å². The standard InChI is InChI=1S/C8H14OS/c1-2-4-8-7(3-1)9-5-6-10-8/h7-8H,1-6H2. The van der Waals surface area contributed by atoms with Gasteiger partial charge in [0.2, 0.25) is 0 Å². The van der Waals surface area contributed by atoms with E-state index in [1.165, 1.54) is 31.4 Å². The van der Waals surface area contributed by atoms with Gasteiger partial charge >= 0.3 is 0 Å². The Labute approximate surface area is 66.5 Å². The number of fused-ring (bicyclic) bond motifs is 1. The van der Waals surface area contributed by atoms with Crippen molar-refractivity contribution in [1.82, 2.24) is 0 Å². The first kappa shape index (κ1) is 6.99. The van der Waals surface area contributed by atoms with Crippen LogP contribution in [-0.2, 0) is 4.74 Å². The van der Waals surface area contributed by atoms with Gasteiger partial charge in [-0.2, -0.15) is 11.8 Å². The second-order valence-corrected chi connectivity index (χ2v) is 4.45. The van der Waals surface area contributed by atoms with Crippen molar-refractivity contribution >= 4 is 11.8 Å². The summed E-state index contributed by atoms with van der Waals surface area (Å²) in [7, 11) is 0. The maximum Gasteiger partial charge on any atom is 0.0694 e. The van der Waals surface area contributed by atoms with Crippen molar-refractivity contribution in [3.8, 4) is 0 Å². The summed E-state index contributed by atoms with van der Waals surface area (Å²) in [6.45, 7) is 0.992. The molecule has 1 saturated carbocycles. The van der Waals surface area contributed by atoms with Crippen molar-refractivity contribution in [2.45, 2.75) is 37.0 Å². The van der Waals surface area contributed by atoms with Gasteiger partial charge in [-0.05, 0) is 12.8 Å². The maximum atomic E-state index is 5.66. The lowest BCUT2D eigenvalue weighted by atomic mass is 9.97. The molecule has 10 heavy (non-hydrogen) atoms. The van der Waals surface area contributed by atoms with Gasteiger partial charge in [0.1, 0.15) is 0 Å². The van der Waals surface area contributed by atoms with Crippen molar-refractivity contribution in [2.24, 2.45) is 0 Å². The Bertz CT molecular complexity index is 89.8. The lowest BCUT2D eigenvalue weighted by Crippen LogP contribution is -2.34. The first-order valence-electron chi connectivity index (χ1n) is 4.20. The fraction of sp³-hybridized carbons (Fsp3) is 1.00. The second kappa shape index (κ2) is 3.14. The lowest BCUT2D eigenvalue weighted by molar-refractivity contribution is 0.0360. The smallest absolute Gasteiger partial charge is 0.0694 e. The minimum Gasteiger partial charge on any atom is -0.376 e. The highest BCUT2D eigenvalue weighted by Gasteiger charge is 2.28. The highest BCUT2D eigenvalue weighted by Crippen LogP contribution is 2.33. The molecule has 58 valence electrons. The van der Waals surface area contributed by atoms with E-state index < -0.39 is 0 Å². The van der Waals surface area contributed by atoms with Crippen molar-refractivity contribution in [3.63, 3.8) is 0 Å². The van der Waals surface area contributed by atoms with Crippen LogP contribution in [0.25, 0.3) is 0 Å². The fourth-order valence-corrected chi connectivity index (χ4v) is 3.10. The Morgan fingerprint density at radius 3 is 3.00 bits per heavy atom. The second-order valence-electron chi connectivity index (χ2n) is 3.10. The summed E-state index contributed by atoms with van der Waals surface area (Å²) in [5.74, 6) is 1.22. The van der Waals surface area contributed by atoms with Crippen LogP contribution in [0, 0.1) is 0 Å². The molecule has 0 aromatic rings. The average molecular weight is 158 g/mol. The summed E-state index contributed by atoms with van der Waals surface area (Å²) in [5.41, 5.74) is 0. The van der Waals surface area contributed by atoms with Gasteiger partial charge in [0.15, 0.2) is 0 Å². The topological polar surface area (TPSA) is 9.23 Å². The Hall–Kier alpha value is 0.310. The molecule has 2 unspecified atom stereocenters. The summed E-state index contributed by atoms with van der Waals surface area (Å²) in [4.78, 5) is 0. The maximum absolute atomic E-state index is 5.66. The van der Waals surface area contributed by atoms with E-state index in [0.717, 1.165) is 11.9 Å². The number of hydrogen-bond donors (Lipinski definition) is 0. The molecule has 1 aliphatic heterocycles. The molecule has 1 nitrogen and oxygen atoms in total. The minimum absolute atomic E-state index is 0.618. The fourth-order valence-electron chi connectivity index (χ4n) is 1.84. The Morgan fingerprint density at radius 2 is 2.10 bits per heavy atom. The summed E-state index contributed by atoms with van der Waals surface area (Å²) in [6.07, 6.45) is 6.15. The molecule has 0 aromatic carbocycles. The Morgan fingerprint density at radius 1 is 1.20 bits per heavy atom. The first-order valence-corrected chi connectivity index (χ1v) is 5.25.